The van der Waals surface area contributed by atoms with Crippen molar-refractivity contribution in [1.82, 2.24) is 10.3 Å². The number of hydrogen-bond donors (Lipinski definition) is 1. The molecular formula is C18H16ClF5N2OS. The van der Waals surface area contributed by atoms with E-state index in [0.717, 1.165) is 29.5 Å². The summed E-state index contributed by atoms with van der Waals surface area (Å²) in [5.41, 5.74) is -0.806. The summed E-state index contributed by atoms with van der Waals surface area (Å²) in [4.78, 5) is 16.5. The van der Waals surface area contributed by atoms with Gasteiger partial charge >= 0.3 is 6.18 Å². The molecule has 0 aliphatic heterocycles. The van der Waals surface area contributed by atoms with Crippen molar-refractivity contribution in [3.63, 3.8) is 0 Å². The highest BCUT2D eigenvalue weighted by molar-refractivity contribution is 7.17. The van der Waals surface area contributed by atoms with Gasteiger partial charge in [0.1, 0.15) is 12.3 Å². The Labute approximate surface area is 166 Å². The van der Waals surface area contributed by atoms with Gasteiger partial charge in [0.15, 0.2) is 5.01 Å². The molecule has 0 radical (unpaired) electrons. The smallest absolute Gasteiger partial charge is 0.341 e. The van der Waals surface area contributed by atoms with E-state index in [2.05, 4.69) is 10.3 Å². The molecule has 1 aliphatic rings. The summed E-state index contributed by atoms with van der Waals surface area (Å²) in [5, 5.41) is 2.30. The topological polar surface area (TPSA) is 42.0 Å². The summed E-state index contributed by atoms with van der Waals surface area (Å²) < 4.78 is 67.0. The average Bonchev–Trinajstić information content (AvgIpc) is 3.06. The molecule has 1 aliphatic carbocycles. The molecule has 1 aromatic heterocycles. The zero-order valence-electron chi connectivity index (χ0n) is 14.4. The van der Waals surface area contributed by atoms with Gasteiger partial charge in [-0.15, -0.1) is 11.3 Å². The van der Waals surface area contributed by atoms with E-state index in [-0.39, 0.29) is 33.3 Å². The van der Waals surface area contributed by atoms with Gasteiger partial charge in [0.2, 0.25) is 0 Å². The van der Waals surface area contributed by atoms with Crippen LogP contribution in [0.4, 0.5) is 22.0 Å². The third-order valence-corrected chi connectivity index (χ3v) is 5.90. The van der Waals surface area contributed by atoms with Gasteiger partial charge in [0, 0.05) is 16.8 Å². The predicted molar refractivity (Wildman–Crippen MR) is 97.1 cm³/mol. The largest absolute Gasteiger partial charge is 0.416 e. The number of alkyl halides is 5. The number of nitrogens with one attached hydrogen (secondary N) is 1. The van der Waals surface area contributed by atoms with Crippen LogP contribution >= 0.6 is 22.9 Å². The molecule has 152 valence electrons. The lowest BCUT2D eigenvalue weighted by molar-refractivity contribution is -0.137. The van der Waals surface area contributed by atoms with Crippen LogP contribution in [0.25, 0.3) is 10.4 Å². The van der Waals surface area contributed by atoms with E-state index < -0.39 is 36.0 Å². The third kappa shape index (κ3) is 4.63. The van der Waals surface area contributed by atoms with Crippen molar-refractivity contribution < 1.29 is 26.7 Å². The molecule has 2 aromatic rings. The highest BCUT2D eigenvalue weighted by Crippen LogP contribution is 2.38. The zero-order valence-corrected chi connectivity index (χ0v) is 16.0. The Morgan fingerprint density at radius 3 is 2.43 bits per heavy atom. The molecule has 2 atom stereocenters. The maximum atomic E-state index is 14.1. The van der Waals surface area contributed by atoms with Crippen molar-refractivity contribution in [3.8, 4) is 10.4 Å². The van der Waals surface area contributed by atoms with Crippen molar-refractivity contribution in [3.05, 3.63) is 40.0 Å². The van der Waals surface area contributed by atoms with Gasteiger partial charge in [0.25, 0.3) is 5.91 Å². The SMILES string of the molecule is O=C(NC1C(F)CCCCC1F)c1ncc(-c2cc(C(F)(F)F)ccc2Cl)s1. The lowest BCUT2D eigenvalue weighted by Gasteiger charge is -2.22. The molecule has 0 bridgehead atoms. The fourth-order valence-corrected chi connectivity index (χ4v) is 4.18. The van der Waals surface area contributed by atoms with Crippen molar-refractivity contribution in [2.75, 3.05) is 0 Å². The van der Waals surface area contributed by atoms with Gasteiger partial charge < -0.3 is 5.32 Å². The van der Waals surface area contributed by atoms with E-state index in [9.17, 15) is 26.7 Å². The van der Waals surface area contributed by atoms with E-state index in [0.29, 0.717) is 12.8 Å². The predicted octanol–water partition coefficient (Wildman–Crippen LogP) is 5.83. The average molecular weight is 439 g/mol. The number of rotatable bonds is 3. The van der Waals surface area contributed by atoms with Crippen LogP contribution in [0.5, 0.6) is 0 Å². The molecule has 3 nitrogen and oxygen atoms in total. The first kappa shape index (κ1) is 21.0. The molecule has 1 saturated carbocycles. The highest BCUT2D eigenvalue weighted by atomic mass is 35.5. The van der Waals surface area contributed by atoms with E-state index in [1.54, 1.807) is 0 Å². The molecule has 0 saturated heterocycles. The Bertz CT molecular complexity index is 845. The summed E-state index contributed by atoms with van der Waals surface area (Å²) in [6, 6.07) is 1.58. The van der Waals surface area contributed by atoms with Gasteiger partial charge in [-0.2, -0.15) is 13.2 Å². The molecule has 10 heteroatoms. The van der Waals surface area contributed by atoms with Gasteiger partial charge in [-0.25, -0.2) is 13.8 Å². The van der Waals surface area contributed by atoms with E-state index in [1.807, 2.05) is 0 Å². The van der Waals surface area contributed by atoms with Gasteiger partial charge in [-0.3, -0.25) is 4.79 Å². The summed E-state index contributed by atoms with van der Waals surface area (Å²) in [7, 11) is 0. The van der Waals surface area contributed by atoms with Crippen LogP contribution in [0.2, 0.25) is 5.02 Å². The number of amides is 1. The van der Waals surface area contributed by atoms with Crippen LogP contribution in [0, 0.1) is 0 Å². The Hall–Kier alpha value is -1.74. The maximum Gasteiger partial charge on any atom is 0.416 e. The van der Waals surface area contributed by atoms with E-state index in [1.165, 1.54) is 6.20 Å². The fourth-order valence-electron chi connectivity index (χ4n) is 3.05. The standard InChI is InChI=1S/C18H16ClF5N2OS/c19-11-6-5-9(18(22,23)24)7-10(11)14-8-25-17(28-14)16(27)26-15-12(20)3-1-2-4-13(15)21/h5-8,12-13,15H,1-4H2,(H,26,27). The minimum absolute atomic E-state index is 0.0695. The van der Waals surface area contributed by atoms with Gasteiger partial charge in [0.05, 0.1) is 16.5 Å². The van der Waals surface area contributed by atoms with Crippen molar-refractivity contribution >= 4 is 28.8 Å². The molecule has 1 aromatic carbocycles. The van der Waals surface area contributed by atoms with Crippen molar-refractivity contribution in [2.24, 2.45) is 0 Å². The first-order valence-corrected chi connectivity index (χ1v) is 9.78. The Morgan fingerprint density at radius 2 is 1.82 bits per heavy atom. The molecule has 2 unspecified atom stereocenters. The molecule has 1 N–H and O–H groups in total. The summed E-state index contributed by atoms with van der Waals surface area (Å²) >= 11 is 6.80. The van der Waals surface area contributed by atoms with Gasteiger partial charge in [-0.1, -0.05) is 24.4 Å². The van der Waals surface area contributed by atoms with Crippen LogP contribution in [-0.2, 0) is 6.18 Å². The van der Waals surface area contributed by atoms with E-state index in [4.69, 9.17) is 11.6 Å². The van der Waals surface area contributed by atoms with Crippen molar-refractivity contribution in [1.29, 1.82) is 0 Å². The number of aromatic nitrogens is 1. The molecule has 0 spiro atoms. The van der Waals surface area contributed by atoms with Crippen LogP contribution in [0.15, 0.2) is 24.4 Å². The fraction of sp³-hybridized carbons (Fsp3) is 0.444. The van der Waals surface area contributed by atoms with E-state index >= 15 is 0 Å². The number of carbonyl (C=O) groups is 1. The Kier molecular flexibility index (Phi) is 6.24. The second-order valence-electron chi connectivity index (χ2n) is 6.54. The minimum atomic E-state index is -4.55. The molecule has 1 fully saturated rings. The number of hydrogen-bond acceptors (Lipinski definition) is 3. The number of carbonyl (C=O) groups excluding carboxylic acids is 1. The van der Waals surface area contributed by atoms with Crippen LogP contribution in [0.1, 0.15) is 41.0 Å². The second-order valence-corrected chi connectivity index (χ2v) is 7.98. The zero-order chi connectivity index (χ0) is 20.5. The van der Waals surface area contributed by atoms with Crippen molar-refractivity contribution in [2.45, 2.75) is 50.2 Å². The second kappa shape index (κ2) is 8.32. The molecule has 1 amide bonds. The quantitative estimate of drug-likeness (QED) is 0.484. The highest BCUT2D eigenvalue weighted by Gasteiger charge is 2.34. The van der Waals surface area contributed by atoms with Gasteiger partial charge in [-0.05, 0) is 31.0 Å². The summed E-state index contributed by atoms with van der Waals surface area (Å²) in [6.45, 7) is 0. The summed E-state index contributed by atoms with van der Waals surface area (Å²) in [5.74, 6) is -0.767. The Morgan fingerprint density at radius 1 is 1.18 bits per heavy atom. The third-order valence-electron chi connectivity index (χ3n) is 4.55. The normalized spacial score (nSPS) is 23.3. The first-order valence-electron chi connectivity index (χ1n) is 8.59. The maximum absolute atomic E-state index is 14.1. The molecule has 1 heterocycles. The number of thiazole rings is 1. The lowest BCUT2D eigenvalue weighted by atomic mass is 10.1. The molecular weight excluding hydrogens is 423 g/mol. The van der Waals surface area contributed by atoms with Crippen LogP contribution in [-0.4, -0.2) is 29.3 Å². The molecule has 3 rings (SSSR count). The number of halogens is 6. The van der Waals surface area contributed by atoms with Crippen LogP contribution in [0.3, 0.4) is 0 Å². The molecule has 28 heavy (non-hydrogen) atoms. The van der Waals surface area contributed by atoms with Crippen LogP contribution < -0.4 is 5.32 Å². The number of nitrogens with zero attached hydrogens (tertiary/aromatic N) is 1. The summed E-state index contributed by atoms with van der Waals surface area (Å²) in [6.07, 6.45) is -4.92. The number of benzene rings is 1. The monoisotopic (exact) mass is 438 g/mol. The first-order chi connectivity index (χ1) is 13.2. The minimum Gasteiger partial charge on any atom is -0.341 e. The lowest BCUT2D eigenvalue weighted by Crippen LogP contribution is -2.47. The Balaban J connectivity index is 1.81.